The van der Waals surface area contributed by atoms with Gasteiger partial charge in [0.2, 0.25) is 0 Å². The van der Waals surface area contributed by atoms with Gasteiger partial charge in [-0.3, -0.25) is 13.7 Å². The van der Waals surface area contributed by atoms with E-state index < -0.39 is 51.1 Å². The molecule has 47 heavy (non-hydrogen) atoms. The molecule has 0 unspecified atom stereocenters. The zero-order valence-corrected chi connectivity index (χ0v) is 27.3. The number of rotatable bonds is 7. The van der Waals surface area contributed by atoms with Gasteiger partial charge in [0.05, 0.1) is 11.4 Å². The van der Waals surface area contributed by atoms with Crippen LogP contribution in [0, 0.1) is 20.8 Å². The normalized spacial score (nSPS) is 12.9. The molecule has 2 amide bonds. The fourth-order valence-electron chi connectivity index (χ4n) is 5.55. The van der Waals surface area contributed by atoms with E-state index >= 15 is 0 Å². The van der Waals surface area contributed by atoms with Gasteiger partial charge >= 0.3 is 6.03 Å². The van der Waals surface area contributed by atoms with Gasteiger partial charge in [0.15, 0.2) is 0 Å². The molecule has 0 bridgehead atoms. The Morgan fingerprint density at radius 1 is 0.745 bits per heavy atom. The van der Waals surface area contributed by atoms with E-state index in [9.17, 15) is 43.7 Å². The van der Waals surface area contributed by atoms with Gasteiger partial charge in [0.25, 0.3) is 30.4 Å². The third-order valence-electron chi connectivity index (χ3n) is 7.47. The highest BCUT2D eigenvalue weighted by Crippen LogP contribution is 2.43. The molecule has 0 saturated heterocycles. The van der Waals surface area contributed by atoms with Gasteiger partial charge < -0.3 is 21.1 Å². The second-order valence-corrected chi connectivity index (χ2v) is 14.9. The molecule has 0 spiro atoms. The number of urea groups is 1. The number of primary amides is 1. The van der Waals surface area contributed by atoms with Gasteiger partial charge in [-0.1, -0.05) is 30.8 Å². The largest absolute Gasteiger partial charge is 0.456 e. The van der Waals surface area contributed by atoms with Gasteiger partial charge in [-0.25, -0.2) is 4.79 Å². The molecule has 17 heteroatoms. The van der Waals surface area contributed by atoms with Crippen LogP contribution in [0.2, 0.25) is 0 Å². The lowest BCUT2D eigenvalue weighted by Gasteiger charge is -2.25. The van der Waals surface area contributed by atoms with Gasteiger partial charge in [-0.05, 0) is 66.9 Å². The SMILES string of the molecule is C=c1cc2c(cc1S(=O)(=O)O)=C(c1ccccc1S(=O)(=O)O)c1cc(S(=O)(=O)O)c(Nc3c(C)cc(C)c(NC(N)=O)c3C)cc1O2. The summed E-state index contributed by atoms with van der Waals surface area (Å²) >= 11 is 0. The maximum Gasteiger partial charge on any atom is 0.316 e. The molecule has 0 atom stereocenters. The third kappa shape index (κ3) is 6.31. The monoisotopic (exact) mass is 701 g/mol. The third-order valence-corrected chi connectivity index (χ3v) is 10.2. The first-order valence-corrected chi connectivity index (χ1v) is 17.7. The van der Waals surface area contributed by atoms with E-state index in [0.29, 0.717) is 28.1 Å². The molecule has 0 saturated carbocycles. The minimum Gasteiger partial charge on any atom is -0.456 e. The van der Waals surface area contributed by atoms with E-state index in [4.69, 9.17) is 10.5 Å². The molecule has 1 aliphatic rings. The summed E-state index contributed by atoms with van der Waals surface area (Å²) in [5.41, 5.74) is 7.17. The molecular weight excluding hydrogens is 675 g/mol. The first kappa shape index (κ1) is 33.6. The van der Waals surface area contributed by atoms with Gasteiger partial charge in [-0.15, -0.1) is 0 Å². The Balaban J connectivity index is 1.89. The van der Waals surface area contributed by atoms with Crippen LogP contribution in [0.25, 0.3) is 12.2 Å². The number of aryl methyl sites for hydroxylation is 2. The Hall–Kier alpha value is -4.78. The fourth-order valence-corrected chi connectivity index (χ4v) is 7.56. The smallest absolute Gasteiger partial charge is 0.316 e. The Bertz CT molecular complexity index is 2500. The molecule has 0 fully saturated rings. The van der Waals surface area contributed by atoms with Crippen LogP contribution in [0.15, 0.2) is 69.3 Å². The minimum absolute atomic E-state index is 0.0590. The first-order chi connectivity index (χ1) is 21.7. The molecule has 0 aromatic heterocycles. The van der Waals surface area contributed by atoms with E-state index in [-0.39, 0.29) is 44.3 Å². The standard InChI is InChI=1S/C30H27N3O11S3/c1-14-10-22-19(11-25(14)46(38,39)40)27(18-7-5-6-8-24(18)45(35,36)37)20-12-26(47(41,42)43)21(13-23(20)44-22)32-28-15(2)9-16(3)29(17(28)4)33-30(31)34/h5-13,32H,1H2,2-4H3,(H3,31,33,34)(H,35,36,37)(H,38,39,40)(H,41,42,43). The van der Waals surface area contributed by atoms with Crippen molar-refractivity contribution in [3.8, 4) is 11.5 Å². The Morgan fingerprint density at radius 2 is 1.34 bits per heavy atom. The highest BCUT2D eigenvalue weighted by atomic mass is 32.2. The van der Waals surface area contributed by atoms with E-state index in [1.165, 1.54) is 30.3 Å². The molecule has 0 radical (unpaired) electrons. The van der Waals surface area contributed by atoms with Crippen molar-refractivity contribution in [3.05, 3.63) is 92.9 Å². The maximum atomic E-state index is 12.8. The lowest BCUT2D eigenvalue weighted by atomic mass is 9.92. The number of anilines is 3. The molecule has 4 aromatic carbocycles. The molecule has 246 valence electrons. The first-order valence-electron chi connectivity index (χ1n) is 13.4. The van der Waals surface area contributed by atoms with Crippen molar-refractivity contribution < 1.29 is 48.4 Å². The van der Waals surface area contributed by atoms with Gasteiger partial charge in [-0.2, -0.15) is 25.3 Å². The Morgan fingerprint density at radius 3 is 1.94 bits per heavy atom. The number of nitrogens with two attached hydrogens (primary N) is 1. The second-order valence-electron chi connectivity index (χ2n) is 10.7. The molecule has 7 N–H and O–H groups in total. The van der Waals surface area contributed by atoms with E-state index in [2.05, 4.69) is 17.2 Å². The summed E-state index contributed by atoms with van der Waals surface area (Å²) in [6.45, 7) is 8.75. The summed E-state index contributed by atoms with van der Waals surface area (Å²) in [7, 11) is -14.8. The zero-order valence-electron chi connectivity index (χ0n) is 24.8. The van der Waals surface area contributed by atoms with Crippen molar-refractivity contribution in [2.24, 2.45) is 5.73 Å². The summed E-state index contributed by atoms with van der Waals surface area (Å²) in [4.78, 5) is 9.70. The molecule has 4 aromatic rings. The predicted octanol–water partition coefficient (Wildman–Crippen LogP) is 3.35. The number of carbonyl (C=O) groups excluding carboxylic acids is 1. The van der Waals surface area contributed by atoms with Crippen LogP contribution in [0.4, 0.5) is 21.9 Å². The van der Waals surface area contributed by atoms with Gasteiger partial charge in [0.1, 0.15) is 26.2 Å². The number of hydrogen-bond acceptors (Lipinski definition) is 9. The Labute approximate surface area is 269 Å². The van der Waals surface area contributed by atoms with Crippen LogP contribution in [-0.2, 0) is 30.4 Å². The predicted molar refractivity (Wildman–Crippen MR) is 172 cm³/mol. The number of fused-ring (bicyclic) bond motifs is 2. The number of carbonyl (C=O) groups is 1. The van der Waals surface area contributed by atoms with Crippen LogP contribution in [0.5, 0.6) is 11.5 Å². The number of ether oxygens (including phenoxy) is 1. The molecule has 1 aliphatic heterocycles. The van der Waals surface area contributed by atoms with E-state index in [1.54, 1.807) is 26.8 Å². The molecule has 0 aliphatic carbocycles. The van der Waals surface area contributed by atoms with Crippen molar-refractivity contribution >= 4 is 65.6 Å². The summed E-state index contributed by atoms with van der Waals surface area (Å²) in [5.74, 6) is -0.138. The minimum atomic E-state index is -5.04. The van der Waals surface area contributed by atoms with E-state index in [0.717, 1.165) is 18.2 Å². The van der Waals surface area contributed by atoms with Gasteiger partial charge in [0, 0.05) is 33.7 Å². The summed E-state index contributed by atoms with van der Waals surface area (Å²) in [5, 5.41) is 5.23. The second kappa shape index (κ2) is 11.5. The highest BCUT2D eigenvalue weighted by molar-refractivity contribution is 7.86. The number of benzene rings is 4. The average molecular weight is 702 g/mol. The lowest BCUT2D eigenvalue weighted by Crippen LogP contribution is -2.25. The summed E-state index contributed by atoms with van der Waals surface area (Å²) in [6.07, 6.45) is 0. The Kier molecular flexibility index (Phi) is 8.20. The van der Waals surface area contributed by atoms with Crippen LogP contribution in [0.1, 0.15) is 27.8 Å². The van der Waals surface area contributed by atoms with Crippen molar-refractivity contribution in [3.63, 3.8) is 0 Å². The van der Waals surface area contributed by atoms with E-state index in [1.807, 2.05) is 0 Å². The molecule has 1 heterocycles. The maximum absolute atomic E-state index is 12.8. The highest BCUT2D eigenvalue weighted by Gasteiger charge is 2.30. The van der Waals surface area contributed by atoms with Crippen molar-refractivity contribution in [2.45, 2.75) is 35.5 Å². The average Bonchev–Trinajstić information content (AvgIpc) is 2.93. The van der Waals surface area contributed by atoms with Crippen molar-refractivity contribution in [1.29, 1.82) is 0 Å². The summed E-state index contributed by atoms with van der Waals surface area (Å²) in [6, 6.07) is 10.3. The zero-order chi connectivity index (χ0) is 34.8. The van der Waals surface area contributed by atoms with Crippen molar-refractivity contribution in [2.75, 3.05) is 10.6 Å². The van der Waals surface area contributed by atoms with Crippen LogP contribution in [0.3, 0.4) is 0 Å². The van der Waals surface area contributed by atoms with Crippen LogP contribution < -0.4 is 31.5 Å². The van der Waals surface area contributed by atoms with Crippen molar-refractivity contribution in [1.82, 2.24) is 0 Å². The number of nitrogens with one attached hydrogen (secondary N) is 2. The molecular formula is C30H27N3O11S3. The van der Waals surface area contributed by atoms with Crippen LogP contribution in [-0.4, -0.2) is 44.9 Å². The topological polar surface area (TPSA) is 239 Å². The fraction of sp³-hybridized carbons (Fsp3) is 0.100. The quantitative estimate of drug-likeness (QED) is 0.134. The lowest BCUT2D eigenvalue weighted by molar-refractivity contribution is 0.259. The number of hydrogen-bond donors (Lipinski definition) is 6. The summed E-state index contributed by atoms with van der Waals surface area (Å²) < 4.78 is 111. The molecule has 5 rings (SSSR count). The van der Waals surface area contributed by atoms with Crippen LogP contribution >= 0.6 is 0 Å². The molecule has 14 nitrogen and oxygen atoms in total. The number of amides is 2.